The highest BCUT2D eigenvalue weighted by atomic mass is 35.5. The van der Waals surface area contributed by atoms with Gasteiger partial charge in [0.15, 0.2) is 5.65 Å². The number of halogens is 2. The maximum absolute atomic E-state index is 13.5. The number of benzene rings is 2. The van der Waals surface area contributed by atoms with E-state index < -0.39 is 0 Å². The maximum Gasteiger partial charge on any atom is 0.296 e. The van der Waals surface area contributed by atoms with Crippen LogP contribution in [-0.2, 0) is 4.74 Å². The standard InChI is InChI=1S/C24H21ClFN3O3/c1-13-20(11-30)31-12-21(13)32-24-27-19-10-18(25)22(28-23(19)29-24)15-7-5-14(6-8-15)16-3-2-4-17(26)9-16/h2-10,13,20-21,30H,11-12H2,1H3,(H,27,28,29)/t13-,20-,21?/m1/s1. The number of nitrogens with zero attached hydrogens (tertiary/aromatic N) is 2. The molecule has 0 amide bonds. The van der Waals surface area contributed by atoms with Crippen molar-refractivity contribution in [3.05, 3.63) is 65.4 Å². The average Bonchev–Trinajstić information content (AvgIpc) is 3.35. The van der Waals surface area contributed by atoms with Crippen molar-refractivity contribution in [1.29, 1.82) is 0 Å². The van der Waals surface area contributed by atoms with Crippen LogP contribution in [0.5, 0.6) is 6.01 Å². The van der Waals surface area contributed by atoms with Gasteiger partial charge in [-0.25, -0.2) is 9.37 Å². The molecule has 1 aliphatic heterocycles. The molecule has 2 N–H and O–H groups in total. The third-order valence-electron chi connectivity index (χ3n) is 5.81. The molecule has 32 heavy (non-hydrogen) atoms. The van der Waals surface area contributed by atoms with Gasteiger partial charge in [0, 0.05) is 11.5 Å². The normalized spacial score (nSPS) is 20.7. The van der Waals surface area contributed by atoms with Crippen molar-refractivity contribution in [2.24, 2.45) is 5.92 Å². The Labute approximate surface area is 189 Å². The first-order valence-electron chi connectivity index (χ1n) is 10.3. The van der Waals surface area contributed by atoms with Crippen molar-refractivity contribution in [1.82, 2.24) is 15.0 Å². The minimum Gasteiger partial charge on any atom is -0.459 e. The molecular formula is C24H21ClFN3O3. The van der Waals surface area contributed by atoms with Crippen LogP contribution in [0.15, 0.2) is 54.6 Å². The zero-order valence-corrected chi connectivity index (χ0v) is 18.0. The summed E-state index contributed by atoms with van der Waals surface area (Å²) in [6.45, 7) is 2.32. The fourth-order valence-electron chi connectivity index (χ4n) is 3.91. The van der Waals surface area contributed by atoms with Gasteiger partial charge < -0.3 is 19.6 Å². The van der Waals surface area contributed by atoms with E-state index in [4.69, 9.17) is 21.1 Å². The molecule has 6 nitrogen and oxygen atoms in total. The summed E-state index contributed by atoms with van der Waals surface area (Å²) >= 11 is 6.51. The Kier molecular flexibility index (Phi) is 5.55. The van der Waals surface area contributed by atoms with E-state index in [9.17, 15) is 9.50 Å². The number of rotatable bonds is 5. The molecule has 0 spiro atoms. The molecule has 2 aromatic carbocycles. The van der Waals surface area contributed by atoms with Crippen molar-refractivity contribution < 1.29 is 19.0 Å². The second kappa shape index (κ2) is 8.50. The SMILES string of the molecule is C[C@H]1C(Oc2nc3nc(-c4ccc(-c5cccc(F)c5)cc4)c(Cl)cc3[nH]2)CO[C@@H]1CO. The molecule has 1 unspecified atom stereocenters. The largest absolute Gasteiger partial charge is 0.459 e. The predicted molar refractivity (Wildman–Crippen MR) is 120 cm³/mol. The summed E-state index contributed by atoms with van der Waals surface area (Å²) in [5.74, 6) is -0.235. The fraction of sp³-hybridized carbons (Fsp3) is 0.250. The molecule has 164 valence electrons. The summed E-state index contributed by atoms with van der Waals surface area (Å²) < 4.78 is 25.0. The van der Waals surface area contributed by atoms with Gasteiger partial charge in [-0.15, -0.1) is 0 Å². The number of aromatic amines is 1. The van der Waals surface area contributed by atoms with E-state index in [1.54, 1.807) is 12.1 Å². The molecule has 3 heterocycles. The van der Waals surface area contributed by atoms with Gasteiger partial charge in [-0.1, -0.05) is 54.9 Å². The number of ether oxygens (including phenoxy) is 2. The lowest BCUT2D eigenvalue weighted by Gasteiger charge is -2.16. The van der Waals surface area contributed by atoms with Gasteiger partial charge >= 0.3 is 0 Å². The predicted octanol–water partition coefficient (Wildman–Crippen LogP) is 4.86. The lowest BCUT2D eigenvalue weighted by molar-refractivity contribution is 0.0424. The number of aliphatic hydroxyl groups is 1. The molecule has 0 bridgehead atoms. The number of nitrogens with one attached hydrogen (secondary N) is 1. The van der Waals surface area contributed by atoms with Crippen LogP contribution in [0.3, 0.4) is 0 Å². The number of H-pyrrole nitrogens is 1. The zero-order chi connectivity index (χ0) is 22.2. The second-order valence-electron chi connectivity index (χ2n) is 7.89. The molecule has 0 aliphatic carbocycles. The van der Waals surface area contributed by atoms with E-state index in [2.05, 4.69) is 15.0 Å². The first-order chi connectivity index (χ1) is 15.5. The molecule has 5 rings (SSSR count). The lowest BCUT2D eigenvalue weighted by atomic mass is 10.0. The van der Waals surface area contributed by atoms with Crippen LogP contribution in [0, 0.1) is 11.7 Å². The third-order valence-corrected chi connectivity index (χ3v) is 6.10. The molecule has 0 radical (unpaired) electrons. The first kappa shape index (κ1) is 20.9. The molecule has 3 atom stereocenters. The Morgan fingerprint density at radius 1 is 1.12 bits per heavy atom. The van der Waals surface area contributed by atoms with E-state index in [0.717, 1.165) is 16.7 Å². The van der Waals surface area contributed by atoms with Crippen LogP contribution < -0.4 is 4.74 Å². The van der Waals surface area contributed by atoms with Gasteiger partial charge in [0.1, 0.15) is 11.9 Å². The van der Waals surface area contributed by atoms with Gasteiger partial charge in [0.05, 0.1) is 35.6 Å². The van der Waals surface area contributed by atoms with Gasteiger partial charge in [-0.3, -0.25) is 0 Å². The summed E-state index contributed by atoms with van der Waals surface area (Å²) in [6.07, 6.45) is -0.447. The van der Waals surface area contributed by atoms with Gasteiger partial charge in [0.2, 0.25) is 0 Å². The zero-order valence-electron chi connectivity index (χ0n) is 17.3. The topological polar surface area (TPSA) is 80.3 Å². The van der Waals surface area contributed by atoms with Gasteiger partial charge in [-0.2, -0.15) is 4.98 Å². The van der Waals surface area contributed by atoms with Gasteiger partial charge in [0.25, 0.3) is 6.01 Å². The smallest absolute Gasteiger partial charge is 0.296 e. The first-order valence-corrected chi connectivity index (χ1v) is 10.7. The number of hydrogen-bond acceptors (Lipinski definition) is 5. The quantitative estimate of drug-likeness (QED) is 0.451. The van der Waals surface area contributed by atoms with Crippen LogP contribution in [0.4, 0.5) is 4.39 Å². The highest BCUT2D eigenvalue weighted by Gasteiger charge is 2.35. The molecule has 4 aromatic rings. The van der Waals surface area contributed by atoms with Crippen LogP contribution in [0.2, 0.25) is 5.02 Å². The highest BCUT2D eigenvalue weighted by molar-refractivity contribution is 6.33. The molecule has 1 aliphatic rings. The summed E-state index contributed by atoms with van der Waals surface area (Å²) in [7, 11) is 0. The van der Waals surface area contributed by atoms with Crippen molar-refractivity contribution in [3.8, 4) is 28.4 Å². The Bertz CT molecular complexity index is 1260. The Balaban J connectivity index is 1.41. The number of imidazole rings is 1. The van der Waals surface area contributed by atoms with Gasteiger partial charge in [-0.05, 0) is 29.3 Å². The van der Waals surface area contributed by atoms with E-state index >= 15 is 0 Å². The Morgan fingerprint density at radius 3 is 2.62 bits per heavy atom. The number of aromatic nitrogens is 3. The van der Waals surface area contributed by atoms with E-state index in [-0.39, 0.29) is 30.5 Å². The number of pyridine rings is 1. The third kappa shape index (κ3) is 3.95. The molecular weight excluding hydrogens is 433 g/mol. The monoisotopic (exact) mass is 453 g/mol. The van der Waals surface area contributed by atoms with Crippen molar-refractivity contribution in [2.45, 2.75) is 19.1 Å². The molecule has 1 fully saturated rings. The fourth-order valence-corrected chi connectivity index (χ4v) is 4.17. The Hall–Kier alpha value is -3.00. The molecule has 0 saturated carbocycles. The Morgan fingerprint density at radius 2 is 1.91 bits per heavy atom. The van der Waals surface area contributed by atoms with Crippen LogP contribution in [-0.4, -0.2) is 45.5 Å². The minimum absolute atomic E-state index is 0.0388. The van der Waals surface area contributed by atoms with E-state index in [1.807, 2.05) is 37.3 Å². The summed E-state index contributed by atoms with van der Waals surface area (Å²) in [5.41, 5.74) is 4.27. The van der Waals surface area contributed by atoms with E-state index in [0.29, 0.717) is 34.5 Å². The van der Waals surface area contributed by atoms with Crippen LogP contribution in [0.25, 0.3) is 33.5 Å². The van der Waals surface area contributed by atoms with E-state index in [1.165, 1.54) is 12.1 Å². The lowest BCUT2D eigenvalue weighted by Crippen LogP contribution is -2.28. The summed E-state index contributed by atoms with van der Waals surface area (Å²) in [4.78, 5) is 12.2. The van der Waals surface area contributed by atoms with Crippen molar-refractivity contribution >= 4 is 22.8 Å². The number of aliphatic hydroxyl groups excluding tert-OH is 1. The van der Waals surface area contributed by atoms with Crippen LogP contribution >= 0.6 is 11.6 Å². The minimum atomic E-state index is -0.274. The molecule has 1 saturated heterocycles. The average molecular weight is 454 g/mol. The maximum atomic E-state index is 13.5. The number of hydrogen-bond donors (Lipinski definition) is 2. The molecule has 2 aromatic heterocycles. The second-order valence-corrected chi connectivity index (χ2v) is 8.30. The van der Waals surface area contributed by atoms with Crippen molar-refractivity contribution in [3.63, 3.8) is 0 Å². The molecule has 8 heteroatoms. The van der Waals surface area contributed by atoms with Crippen LogP contribution in [0.1, 0.15) is 6.92 Å². The summed E-state index contributed by atoms with van der Waals surface area (Å²) in [6, 6.07) is 16.2. The number of fused-ring (bicyclic) bond motifs is 1. The summed E-state index contributed by atoms with van der Waals surface area (Å²) in [5, 5.41) is 9.83. The van der Waals surface area contributed by atoms with Crippen molar-refractivity contribution in [2.75, 3.05) is 13.2 Å². The highest BCUT2D eigenvalue weighted by Crippen LogP contribution is 2.32.